The van der Waals surface area contributed by atoms with Crippen LogP contribution in [0.15, 0.2) is 66.9 Å². The predicted molar refractivity (Wildman–Crippen MR) is 126 cm³/mol. The number of rotatable bonds is 6. The zero-order valence-corrected chi connectivity index (χ0v) is 18.9. The van der Waals surface area contributed by atoms with Gasteiger partial charge in [-0.05, 0) is 55.3 Å². The number of nitrogens with one attached hydrogen (secondary N) is 2. The lowest BCUT2D eigenvalue weighted by atomic mass is 10.0. The highest BCUT2D eigenvalue weighted by atomic mass is 19.2. The summed E-state index contributed by atoms with van der Waals surface area (Å²) in [5.41, 5.74) is 3.69. The second kappa shape index (κ2) is 9.84. The standard InChI is InChI=1S/C26H21F3N4O2/c1-15-8-9-17(12-16(15)2)25-19(14-33(32-25)18-6-4-3-5-7-18)26(35)30-13-22(34)31-21-11-10-20(27)23(28)24(21)29/h3-12,14H,13H2,1-2H3,(H,30,35)(H,31,34). The van der Waals surface area contributed by atoms with E-state index >= 15 is 0 Å². The van der Waals surface area contributed by atoms with Crippen LogP contribution in [0, 0.1) is 31.3 Å². The van der Waals surface area contributed by atoms with Crippen molar-refractivity contribution in [2.24, 2.45) is 0 Å². The molecule has 0 saturated carbocycles. The van der Waals surface area contributed by atoms with Gasteiger partial charge in [-0.15, -0.1) is 0 Å². The monoisotopic (exact) mass is 478 g/mol. The smallest absolute Gasteiger partial charge is 0.255 e. The minimum atomic E-state index is -1.70. The Morgan fingerprint density at radius 1 is 0.914 bits per heavy atom. The average Bonchev–Trinajstić information content (AvgIpc) is 3.31. The van der Waals surface area contributed by atoms with Gasteiger partial charge in [0.1, 0.15) is 5.69 Å². The van der Waals surface area contributed by atoms with Crippen LogP contribution in [0.4, 0.5) is 18.9 Å². The van der Waals surface area contributed by atoms with Gasteiger partial charge in [0.05, 0.1) is 23.5 Å². The van der Waals surface area contributed by atoms with Gasteiger partial charge in [-0.25, -0.2) is 17.9 Å². The van der Waals surface area contributed by atoms with Crippen molar-refractivity contribution in [2.45, 2.75) is 13.8 Å². The normalized spacial score (nSPS) is 10.8. The van der Waals surface area contributed by atoms with Gasteiger partial charge >= 0.3 is 0 Å². The molecule has 0 radical (unpaired) electrons. The number of hydrogen-bond donors (Lipinski definition) is 2. The Bertz CT molecular complexity index is 1420. The first-order chi connectivity index (χ1) is 16.7. The summed E-state index contributed by atoms with van der Waals surface area (Å²) in [5.74, 6) is -5.99. The first kappa shape index (κ1) is 23.7. The molecule has 2 amide bonds. The third kappa shape index (κ3) is 5.08. The van der Waals surface area contributed by atoms with Crippen molar-refractivity contribution in [1.82, 2.24) is 15.1 Å². The minimum Gasteiger partial charge on any atom is -0.343 e. The topological polar surface area (TPSA) is 76.0 Å². The van der Waals surface area contributed by atoms with Gasteiger partial charge in [-0.3, -0.25) is 9.59 Å². The Morgan fingerprint density at radius 2 is 1.66 bits per heavy atom. The Hall–Kier alpha value is -4.40. The fraction of sp³-hybridized carbons (Fsp3) is 0.115. The first-order valence-corrected chi connectivity index (χ1v) is 10.7. The number of amides is 2. The van der Waals surface area contributed by atoms with E-state index in [-0.39, 0.29) is 5.56 Å². The van der Waals surface area contributed by atoms with Gasteiger partial charge in [0.25, 0.3) is 5.91 Å². The van der Waals surface area contributed by atoms with Crippen molar-refractivity contribution in [3.05, 3.63) is 101 Å². The summed E-state index contributed by atoms with van der Waals surface area (Å²) in [6, 6.07) is 16.5. The van der Waals surface area contributed by atoms with Crippen molar-refractivity contribution in [1.29, 1.82) is 0 Å². The molecular formula is C26H21F3N4O2. The van der Waals surface area contributed by atoms with Crippen LogP contribution < -0.4 is 10.6 Å². The van der Waals surface area contributed by atoms with Crippen LogP contribution in [0.5, 0.6) is 0 Å². The van der Waals surface area contributed by atoms with Crippen molar-refractivity contribution < 1.29 is 22.8 Å². The summed E-state index contributed by atoms with van der Waals surface area (Å²) in [5, 5.41) is 9.19. The van der Waals surface area contributed by atoms with Gasteiger partial charge in [-0.2, -0.15) is 5.10 Å². The number of hydrogen-bond acceptors (Lipinski definition) is 3. The van der Waals surface area contributed by atoms with E-state index in [1.54, 1.807) is 10.9 Å². The number of benzene rings is 3. The largest absolute Gasteiger partial charge is 0.343 e. The molecule has 35 heavy (non-hydrogen) atoms. The average molecular weight is 478 g/mol. The third-order valence-electron chi connectivity index (χ3n) is 5.48. The lowest BCUT2D eigenvalue weighted by Gasteiger charge is -2.09. The Morgan fingerprint density at radius 3 is 2.37 bits per heavy atom. The molecule has 0 spiro atoms. The molecule has 9 heteroatoms. The summed E-state index contributed by atoms with van der Waals surface area (Å²) in [7, 11) is 0. The van der Waals surface area contributed by atoms with E-state index in [1.807, 2.05) is 62.4 Å². The molecule has 2 N–H and O–H groups in total. The van der Waals surface area contributed by atoms with Gasteiger partial charge in [0, 0.05) is 11.8 Å². The van der Waals surface area contributed by atoms with E-state index in [0.717, 1.165) is 28.4 Å². The lowest BCUT2D eigenvalue weighted by molar-refractivity contribution is -0.115. The minimum absolute atomic E-state index is 0.226. The molecule has 0 aliphatic carbocycles. The van der Waals surface area contributed by atoms with E-state index in [9.17, 15) is 22.8 Å². The van der Waals surface area contributed by atoms with Gasteiger partial charge in [0.2, 0.25) is 5.91 Å². The van der Waals surface area contributed by atoms with Gasteiger partial charge in [-0.1, -0.05) is 30.3 Å². The highest BCUT2D eigenvalue weighted by molar-refractivity contribution is 6.02. The number of halogens is 3. The number of nitrogens with zero attached hydrogens (tertiary/aromatic N) is 2. The maximum atomic E-state index is 13.8. The SMILES string of the molecule is Cc1ccc(-c2nn(-c3ccccc3)cc2C(=O)NCC(=O)Nc2ccc(F)c(F)c2F)cc1C. The molecule has 1 aromatic heterocycles. The van der Waals surface area contributed by atoms with Crippen LogP contribution in [0.2, 0.25) is 0 Å². The molecule has 1 heterocycles. The fourth-order valence-corrected chi connectivity index (χ4v) is 3.43. The fourth-order valence-electron chi connectivity index (χ4n) is 3.43. The number of carbonyl (C=O) groups excluding carboxylic acids is 2. The Balaban J connectivity index is 1.57. The number of anilines is 1. The van der Waals surface area contributed by atoms with Crippen molar-refractivity contribution in [3.8, 4) is 16.9 Å². The van der Waals surface area contributed by atoms with Crippen LogP contribution in [-0.2, 0) is 4.79 Å². The van der Waals surface area contributed by atoms with Crippen LogP contribution >= 0.6 is 0 Å². The molecule has 0 atom stereocenters. The number of para-hydroxylation sites is 1. The van der Waals surface area contributed by atoms with Crippen molar-refractivity contribution in [3.63, 3.8) is 0 Å². The molecule has 178 valence electrons. The molecule has 0 bridgehead atoms. The quantitative estimate of drug-likeness (QED) is 0.386. The van der Waals surface area contributed by atoms with Crippen LogP contribution in [0.3, 0.4) is 0 Å². The maximum Gasteiger partial charge on any atom is 0.255 e. The van der Waals surface area contributed by atoms with E-state index in [2.05, 4.69) is 15.7 Å². The summed E-state index contributed by atoms with van der Waals surface area (Å²) < 4.78 is 41.9. The van der Waals surface area contributed by atoms with Crippen LogP contribution in [0.25, 0.3) is 16.9 Å². The molecule has 4 rings (SSSR count). The molecular weight excluding hydrogens is 457 g/mol. The summed E-state index contributed by atoms with van der Waals surface area (Å²) >= 11 is 0. The molecule has 0 saturated heterocycles. The van der Waals surface area contributed by atoms with Crippen LogP contribution in [0.1, 0.15) is 21.5 Å². The zero-order chi connectivity index (χ0) is 25.1. The number of aryl methyl sites for hydroxylation is 2. The Labute approximate surface area is 199 Å². The highest BCUT2D eigenvalue weighted by Crippen LogP contribution is 2.26. The van der Waals surface area contributed by atoms with Crippen molar-refractivity contribution >= 4 is 17.5 Å². The molecule has 0 aliphatic heterocycles. The predicted octanol–water partition coefficient (Wildman–Crippen LogP) is 4.94. The third-order valence-corrected chi connectivity index (χ3v) is 5.48. The van der Waals surface area contributed by atoms with Crippen molar-refractivity contribution in [2.75, 3.05) is 11.9 Å². The zero-order valence-electron chi connectivity index (χ0n) is 18.9. The summed E-state index contributed by atoms with van der Waals surface area (Å²) in [4.78, 5) is 25.3. The number of carbonyl (C=O) groups is 2. The second-order valence-electron chi connectivity index (χ2n) is 7.92. The second-order valence-corrected chi connectivity index (χ2v) is 7.92. The van der Waals surface area contributed by atoms with Gasteiger partial charge in [0.15, 0.2) is 17.5 Å². The van der Waals surface area contributed by atoms with E-state index in [0.29, 0.717) is 11.8 Å². The Kier molecular flexibility index (Phi) is 6.68. The molecule has 0 fully saturated rings. The van der Waals surface area contributed by atoms with E-state index < -0.39 is 41.5 Å². The van der Waals surface area contributed by atoms with Crippen LogP contribution in [-0.4, -0.2) is 28.1 Å². The van der Waals surface area contributed by atoms with E-state index in [4.69, 9.17) is 0 Å². The van der Waals surface area contributed by atoms with Gasteiger partial charge < -0.3 is 10.6 Å². The van der Waals surface area contributed by atoms with E-state index in [1.165, 1.54) is 0 Å². The maximum absolute atomic E-state index is 13.8. The molecule has 3 aromatic carbocycles. The molecule has 4 aromatic rings. The summed E-state index contributed by atoms with van der Waals surface area (Å²) in [6.45, 7) is 3.40. The highest BCUT2D eigenvalue weighted by Gasteiger charge is 2.20. The first-order valence-electron chi connectivity index (χ1n) is 10.7. The number of aromatic nitrogens is 2. The molecule has 6 nitrogen and oxygen atoms in total. The molecule has 0 aliphatic rings. The lowest BCUT2D eigenvalue weighted by Crippen LogP contribution is -2.33. The molecule has 0 unspecified atom stereocenters. The summed E-state index contributed by atoms with van der Waals surface area (Å²) in [6.07, 6.45) is 1.56.